The quantitative estimate of drug-likeness (QED) is 0.0261. The number of nitrogens with one attached hydrogen (secondary N) is 1. The molecule has 6 N–H and O–H groups in total. The monoisotopic (exact) mass is 1130 g/mol. The summed E-state index contributed by atoms with van der Waals surface area (Å²) >= 11 is 0. The van der Waals surface area contributed by atoms with Gasteiger partial charge < -0.3 is 40.3 Å². The molecule has 0 aromatic carbocycles. The third-order valence-electron chi connectivity index (χ3n) is 16.3. The van der Waals surface area contributed by atoms with Crippen molar-refractivity contribution >= 4 is 5.91 Å². The second kappa shape index (κ2) is 60.0. The van der Waals surface area contributed by atoms with Crippen LogP contribution in [0.3, 0.4) is 0 Å². The number of ether oxygens (including phenoxy) is 2. The molecule has 1 aliphatic rings. The highest BCUT2D eigenvalue weighted by atomic mass is 16.7. The van der Waals surface area contributed by atoms with E-state index >= 15 is 0 Å². The molecule has 0 aromatic rings. The maximum absolute atomic E-state index is 13.1. The molecule has 1 saturated heterocycles. The predicted octanol–water partition coefficient (Wildman–Crippen LogP) is 18.6. The van der Waals surface area contributed by atoms with Gasteiger partial charge in [0.05, 0.1) is 25.4 Å². The zero-order valence-corrected chi connectivity index (χ0v) is 52.3. The van der Waals surface area contributed by atoms with Crippen molar-refractivity contribution in [2.45, 2.75) is 371 Å². The lowest BCUT2D eigenvalue weighted by Gasteiger charge is -2.40. The van der Waals surface area contributed by atoms with Crippen molar-refractivity contribution in [2.75, 3.05) is 13.2 Å². The Bertz CT molecular complexity index is 1450. The average molecular weight is 1130 g/mol. The second-order valence-electron chi connectivity index (χ2n) is 23.9. The van der Waals surface area contributed by atoms with Gasteiger partial charge in [0, 0.05) is 6.42 Å². The van der Waals surface area contributed by atoms with Gasteiger partial charge in [-0.25, -0.2) is 0 Å². The maximum atomic E-state index is 13.1. The van der Waals surface area contributed by atoms with E-state index in [-0.39, 0.29) is 12.5 Å². The first kappa shape index (κ1) is 75.9. The molecule has 0 saturated carbocycles. The zero-order chi connectivity index (χ0) is 57.9. The zero-order valence-electron chi connectivity index (χ0n) is 52.3. The number of rotatable bonds is 60. The average Bonchev–Trinajstić information content (AvgIpc) is 3.46. The molecule has 1 fully saturated rings. The molecule has 80 heavy (non-hydrogen) atoms. The molecule has 1 heterocycles. The molecule has 1 aliphatic heterocycles. The molecule has 7 atom stereocenters. The first-order chi connectivity index (χ1) is 39.3. The highest BCUT2D eigenvalue weighted by Crippen LogP contribution is 2.23. The van der Waals surface area contributed by atoms with Crippen molar-refractivity contribution in [3.05, 3.63) is 60.8 Å². The Kier molecular flexibility index (Phi) is 57.0. The first-order valence-electron chi connectivity index (χ1n) is 34.5. The SMILES string of the molecule is CC/C=C\C/C=C\C/C=C\C/C=C\CCCCCCCCCCCCCCCCCCCCCCCCCCCCC(=O)NC(COC1OC(CO)C(O)C(O)C1O)C(O)/C=C/CCCCCCCCCCCCCCCCCC. The minimum Gasteiger partial charge on any atom is -0.394 e. The van der Waals surface area contributed by atoms with E-state index < -0.39 is 49.5 Å². The van der Waals surface area contributed by atoms with Crippen LogP contribution < -0.4 is 5.32 Å². The molecule has 7 unspecified atom stereocenters. The van der Waals surface area contributed by atoms with Crippen LogP contribution in [-0.2, 0) is 14.3 Å². The van der Waals surface area contributed by atoms with E-state index in [9.17, 15) is 30.3 Å². The fourth-order valence-corrected chi connectivity index (χ4v) is 11.0. The van der Waals surface area contributed by atoms with E-state index in [0.717, 1.165) is 64.2 Å². The van der Waals surface area contributed by atoms with Crippen LogP contribution in [0.5, 0.6) is 0 Å². The normalized spacial score (nSPS) is 18.8. The van der Waals surface area contributed by atoms with Gasteiger partial charge in [0.15, 0.2) is 6.29 Å². The molecule has 0 aromatic heterocycles. The molecule has 0 bridgehead atoms. The van der Waals surface area contributed by atoms with Gasteiger partial charge in [0.1, 0.15) is 24.4 Å². The van der Waals surface area contributed by atoms with Crippen LogP contribution in [0.25, 0.3) is 0 Å². The summed E-state index contributed by atoms with van der Waals surface area (Å²) in [7, 11) is 0. The van der Waals surface area contributed by atoms with Crippen molar-refractivity contribution in [1.82, 2.24) is 5.32 Å². The predicted molar refractivity (Wildman–Crippen MR) is 341 cm³/mol. The Hall–Kier alpha value is -2.11. The highest BCUT2D eigenvalue weighted by Gasteiger charge is 2.44. The van der Waals surface area contributed by atoms with Crippen molar-refractivity contribution < 1.29 is 39.8 Å². The Morgan fingerprint density at radius 3 is 1.15 bits per heavy atom. The van der Waals surface area contributed by atoms with Crippen LogP contribution in [0.15, 0.2) is 60.8 Å². The molecule has 1 amide bonds. The summed E-state index contributed by atoms with van der Waals surface area (Å²) in [4.78, 5) is 13.1. The summed E-state index contributed by atoms with van der Waals surface area (Å²) in [6.07, 6.45) is 76.2. The van der Waals surface area contributed by atoms with Crippen molar-refractivity contribution in [2.24, 2.45) is 0 Å². The Morgan fingerprint density at radius 1 is 0.438 bits per heavy atom. The van der Waals surface area contributed by atoms with Gasteiger partial charge in [-0.05, 0) is 57.8 Å². The number of allylic oxidation sites excluding steroid dienone is 9. The smallest absolute Gasteiger partial charge is 0.220 e. The molecule has 468 valence electrons. The van der Waals surface area contributed by atoms with Gasteiger partial charge in [0.25, 0.3) is 0 Å². The minimum atomic E-state index is -1.57. The molecule has 0 radical (unpaired) electrons. The molecule has 1 rings (SSSR count). The van der Waals surface area contributed by atoms with E-state index in [1.165, 1.54) is 244 Å². The van der Waals surface area contributed by atoms with Crippen LogP contribution in [0, 0.1) is 0 Å². The number of amides is 1. The van der Waals surface area contributed by atoms with Gasteiger partial charge in [-0.15, -0.1) is 0 Å². The number of carbonyl (C=O) groups is 1. The summed E-state index contributed by atoms with van der Waals surface area (Å²) in [6, 6.07) is -0.804. The Balaban J connectivity index is 2.05. The lowest BCUT2D eigenvalue weighted by Crippen LogP contribution is -2.60. The topological polar surface area (TPSA) is 149 Å². The molecule has 9 heteroatoms. The first-order valence-corrected chi connectivity index (χ1v) is 34.5. The minimum absolute atomic E-state index is 0.171. The van der Waals surface area contributed by atoms with Crippen molar-refractivity contribution in [3.8, 4) is 0 Å². The van der Waals surface area contributed by atoms with Crippen LogP contribution in [0.1, 0.15) is 328 Å². The van der Waals surface area contributed by atoms with Gasteiger partial charge in [0.2, 0.25) is 5.91 Å². The third-order valence-corrected chi connectivity index (χ3v) is 16.3. The van der Waals surface area contributed by atoms with Crippen LogP contribution in [-0.4, -0.2) is 87.5 Å². The van der Waals surface area contributed by atoms with E-state index in [4.69, 9.17) is 9.47 Å². The largest absolute Gasteiger partial charge is 0.394 e. The summed E-state index contributed by atoms with van der Waals surface area (Å²) in [5.41, 5.74) is 0. The fraction of sp³-hybridized carbons (Fsp3) is 0.845. The maximum Gasteiger partial charge on any atom is 0.220 e. The van der Waals surface area contributed by atoms with Crippen molar-refractivity contribution in [1.29, 1.82) is 0 Å². The molecular formula is C71H131NO8. The van der Waals surface area contributed by atoms with Crippen molar-refractivity contribution in [3.63, 3.8) is 0 Å². The number of aliphatic hydroxyl groups excluding tert-OH is 5. The summed E-state index contributed by atoms with van der Waals surface area (Å²) in [5, 5.41) is 54.7. The van der Waals surface area contributed by atoms with E-state index in [0.29, 0.717) is 6.42 Å². The summed E-state index contributed by atoms with van der Waals surface area (Å²) in [5.74, 6) is -0.171. The third kappa shape index (κ3) is 48.3. The Labute approximate surface area is 494 Å². The van der Waals surface area contributed by atoms with E-state index in [1.807, 2.05) is 6.08 Å². The fourth-order valence-electron chi connectivity index (χ4n) is 11.0. The highest BCUT2D eigenvalue weighted by molar-refractivity contribution is 5.76. The van der Waals surface area contributed by atoms with Crippen LogP contribution in [0.4, 0.5) is 0 Å². The van der Waals surface area contributed by atoms with E-state index in [1.54, 1.807) is 6.08 Å². The van der Waals surface area contributed by atoms with Crippen LogP contribution >= 0.6 is 0 Å². The number of aliphatic hydroxyl groups is 5. The Morgan fingerprint density at radius 2 is 0.775 bits per heavy atom. The van der Waals surface area contributed by atoms with Gasteiger partial charge in [-0.2, -0.15) is 0 Å². The van der Waals surface area contributed by atoms with Gasteiger partial charge >= 0.3 is 0 Å². The number of hydrogen-bond donors (Lipinski definition) is 6. The lowest BCUT2D eigenvalue weighted by atomic mass is 9.99. The van der Waals surface area contributed by atoms with Gasteiger partial charge in [-0.1, -0.05) is 325 Å². The van der Waals surface area contributed by atoms with E-state index in [2.05, 4.69) is 67.8 Å². The second-order valence-corrected chi connectivity index (χ2v) is 23.9. The number of unbranched alkanes of at least 4 members (excludes halogenated alkanes) is 42. The van der Waals surface area contributed by atoms with Crippen LogP contribution in [0.2, 0.25) is 0 Å². The molecule has 0 aliphatic carbocycles. The van der Waals surface area contributed by atoms with Gasteiger partial charge in [-0.3, -0.25) is 4.79 Å². The summed E-state index contributed by atoms with van der Waals surface area (Å²) < 4.78 is 11.3. The molecular weight excluding hydrogens is 995 g/mol. The lowest BCUT2D eigenvalue weighted by molar-refractivity contribution is -0.302. The standard InChI is InChI=1S/C71H131NO8/c1-3-5-7-9-11-13-15-17-19-21-23-24-25-26-27-28-29-30-31-32-33-34-35-36-37-38-39-40-41-42-43-45-47-49-51-53-55-57-59-61-67(75)72-64(63-79-71-70(78)69(77)68(76)66(62-73)80-71)65(74)60-58-56-54-52-50-48-46-44-22-20-18-16-14-12-10-8-6-4-2/h5,7,11,13,17,19,23-24,58,60,64-66,68-71,73-74,76-78H,3-4,6,8-10,12,14-16,18,20-22,25-57,59,61-63H2,1-2H3,(H,72,75)/b7-5-,13-11-,19-17-,24-23-,60-58+. The molecule has 9 nitrogen and oxygen atoms in total. The molecule has 0 spiro atoms. The number of hydrogen-bond acceptors (Lipinski definition) is 8. The summed E-state index contributed by atoms with van der Waals surface area (Å²) in [6.45, 7) is 3.70. The number of carbonyl (C=O) groups excluding carboxylic acids is 1.